The molecule has 1 saturated carbocycles. The molecule has 4 aromatic rings. The molecule has 6 rings (SSSR count). The molecular weight excluding hydrogens is 997 g/mol. The number of carboxylic acids is 1. The Balaban J connectivity index is 0.854. The average molecular weight is 1050 g/mol. The standard InChI is InChI=1S/C46H57BrFN11O12/c1-27(60)43-33-18-29(4-7-35(33)59(57-43)24-42(64)58-23-31(48)19-36(58)45(65)56-44-32(28-2-3-28)5-8-37(47)55-44)30-20-52-38(53-21-30)22-54-41(63)26-71-17-15-69-13-11-51-40(62)25-70-16-14-68-12-10-50-39(61)9-6-34(49)46(66)67/h4-5,7-8,18,20-21,28,31,34,36H,2-3,6,9-17,19,22-26,49H2,1H3,(H,50,61)(H,51,62)(H,54,63)(H,66,67)(H,55,56,65)/t31-,34+,36+/m1/s1. The second kappa shape index (κ2) is 26.7. The first kappa shape index (κ1) is 54.0. The number of benzene rings is 1. The first-order valence-electron chi connectivity index (χ1n) is 23.0. The van der Waals surface area contributed by atoms with E-state index in [0.29, 0.717) is 44.2 Å². The number of anilines is 1. The number of amides is 5. The van der Waals surface area contributed by atoms with E-state index in [1.165, 1.54) is 16.5 Å². The summed E-state index contributed by atoms with van der Waals surface area (Å²) in [6.07, 6.45) is 3.57. The number of halogens is 2. The van der Waals surface area contributed by atoms with Gasteiger partial charge < -0.3 is 56.0 Å². The van der Waals surface area contributed by atoms with E-state index in [9.17, 15) is 38.0 Å². The van der Waals surface area contributed by atoms with Gasteiger partial charge in [0.05, 0.1) is 58.2 Å². The number of aliphatic carboxylic acids is 1. The molecule has 1 saturated heterocycles. The zero-order valence-electron chi connectivity index (χ0n) is 39.0. The Labute approximate surface area is 415 Å². The van der Waals surface area contributed by atoms with E-state index in [1.807, 2.05) is 6.07 Å². The number of pyridine rings is 1. The summed E-state index contributed by atoms with van der Waals surface area (Å²) < 4.78 is 38.1. The number of hydrogen-bond donors (Lipinski definition) is 6. The summed E-state index contributed by atoms with van der Waals surface area (Å²) >= 11 is 3.35. The van der Waals surface area contributed by atoms with Crippen molar-refractivity contribution in [2.75, 3.05) is 77.8 Å². The van der Waals surface area contributed by atoms with Crippen LogP contribution in [0.25, 0.3) is 22.0 Å². The number of fused-ring (bicyclic) bond motifs is 1. The van der Waals surface area contributed by atoms with E-state index in [0.717, 1.165) is 18.4 Å². The van der Waals surface area contributed by atoms with Crippen LogP contribution < -0.4 is 27.0 Å². The van der Waals surface area contributed by atoms with Gasteiger partial charge in [-0.2, -0.15) is 5.10 Å². The number of carboxylic acid groups (broad SMARTS) is 1. The van der Waals surface area contributed by atoms with E-state index < -0.39 is 41.9 Å². The van der Waals surface area contributed by atoms with Gasteiger partial charge in [-0.15, -0.1) is 0 Å². The van der Waals surface area contributed by atoms with Gasteiger partial charge >= 0.3 is 5.97 Å². The van der Waals surface area contributed by atoms with Gasteiger partial charge in [-0.05, 0) is 70.4 Å². The molecule has 1 aliphatic heterocycles. The van der Waals surface area contributed by atoms with Crippen molar-refractivity contribution in [3.63, 3.8) is 0 Å². The molecular formula is C46H57BrFN11O12. The fourth-order valence-corrected chi connectivity index (χ4v) is 7.71. The molecule has 1 aliphatic carbocycles. The molecule has 382 valence electrons. The number of nitrogens with zero attached hydrogens (tertiary/aromatic N) is 6. The molecule has 2 fully saturated rings. The van der Waals surface area contributed by atoms with Crippen LogP contribution in [-0.4, -0.2) is 167 Å². The number of aromatic nitrogens is 5. The average Bonchev–Trinajstić information content (AvgIpc) is 4.01. The number of nitrogens with two attached hydrogens (primary N) is 1. The molecule has 2 aliphatic rings. The number of nitrogens with one attached hydrogen (secondary N) is 4. The van der Waals surface area contributed by atoms with Crippen LogP contribution >= 0.6 is 15.9 Å². The summed E-state index contributed by atoms with van der Waals surface area (Å²) in [7, 11) is 0. The predicted molar refractivity (Wildman–Crippen MR) is 254 cm³/mol. The molecule has 5 amide bonds. The maximum Gasteiger partial charge on any atom is 0.320 e. The highest BCUT2D eigenvalue weighted by atomic mass is 79.9. The van der Waals surface area contributed by atoms with Crippen LogP contribution in [0.15, 0.2) is 47.3 Å². The highest BCUT2D eigenvalue weighted by molar-refractivity contribution is 9.10. The normalized spacial score (nSPS) is 15.9. The summed E-state index contributed by atoms with van der Waals surface area (Å²) in [5.41, 5.74) is 8.15. The molecule has 0 radical (unpaired) electrons. The van der Waals surface area contributed by atoms with E-state index in [1.54, 1.807) is 36.7 Å². The second-order valence-electron chi connectivity index (χ2n) is 16.7. The zero-order valence-corrected chi connectivity index (χ0v) is 40.6. The lowest BCUT2D eigenvalue weighted by molar-refractivity contribution is -0.139. The van der Waals surface area contributed by atoms with Crippen molar-refractivity contribution in [2.45, 2.75) is 76.3 Å². The van der Waals surface area contributed by atoms with Crippen molar-refractivity contribution >= 4 is 73.9 Å². The molecule has 71 heavy (non-hydrogen) atoms. The van der Waals surface area contributed by atoms with Crippen molar-refractivity contribution < 1.29 is 62.0 Å². The Morgan fingerprint density at radius 1 is 0.859 bits per heavy atom. The smallest absolute Gasteiger partial charge is 0.320 e. The lowest BCUT2D eigenvalue weighted by Crippen LogP contribution is -2.44. The minimum Gasteiger partial charge on any atom is -0.480 e. The molecule has 4 heterocycles. The van der Waals surface area contributed by atoms with Gasteiger partial charge in [0.15, 0.2) is 5.78 Å². The van der Waals surface area contributed by atoms with Crippen LogP contribution in [0.5, 0.6) is 0 Å². The highest BCUT2D eigenvalue weighted by Crippen LogP contribution is 2.43. The summed E-state index contributed by atoms with van der Waals surface area (Å²) in [5.74, 6) is -2.62. The molecule has 3 aromatic heterocycles. The van der Waals surface area contributed by atoms with Gasteiger partial charge in [-0.25, -0.2) is 19.3 Å². The fourth-order valence-electron chi connectivity index (χ4n) is 7.41. The summed E-state index contributed by atoms with van der Waals surface area (Å²) in [6.45, 7) is 1.96. The van der Waals surface area contributed by atoms with Crippen molar-refractivity contribution in [1.82, 2.24) is 45.6 Å². The third kappa shape index (κ3) is 16.6. The molecule has 0 bridgehead atoms. The topological polar surface area (TPSA) is 311 Å². The highest BCUT2D eigenvalue weighted by Gasteiger charge is 2.41. The van der Waals surface area contributed by atoms with Gasteiger partial charge in [0.25, 0.3) is 0 Å². The molecule has 23 nitrogen and oxygen atoms in total. The molecule has 1 aromatic carbocycles. The third-order valence-corrected chi connectivity index (χ3v) is 11.7. The Morgan fingerprint density at radius 2 is 1.51 bits per heavy atom. The SMILES string of the molecule is CC(=O)c1nn(CC(=O)N2C[C@H](F)C[C@H]2C(=O)Nc2nc(Br)ccc2C2CC2)c2ccc(-c3cnc(CNC(=O)COCCOCCNC(=O)COCCOCCNC(=O)CC[C@H](N)C(=O)O)nc3)cc12. The zero-order chi connectivity index (χ0) is 50.9. The summed E-state index contributed by atoms with van der Waals surface area (Å²) in [5, 5.41) is 24.4. The van der Waals surface area contributed by atoms with E-state index >= 15 is 0 Å². The Kier molecular flexibility index (Phi) is 20.3. The number of carbonyl (C=O) groups is 7. The largest absolute Gasteiger partial charge is 0.480 e. The first-order valence-corrected chi connectivity index (χ1v) is 23.8. The third-order valence-electron chi connectivity index (χ3n) is 11.2. The summed E-state index contributed by atoms with van der Waals surface area (Å²) in [4.78, 5) is 101. The Bertz CT molecular complexity index is 2530. The van der Waals surface area contributed by atoms with Gasteiger partial charge in [0.2, 0.25) is 29.5 Å². The van der Waals surface area contributed by atoms with Crippen molar-refractivity contribution in [2.24, 2.45) is 5.73 Å². The van der Waals surface area contributed by atoms with E-state index in [-0.39, 0.29) is 128 Å². The lowest BCUT2D eigenvalue weighted by Gasteiger charge is -2.24. The van der Waals surface area contributed by atoms with Gasteiger partial charge in [-0.1, -0.05) is 12.1 Å². The molecule has 7 N–H and O–H groups in total. The number of Topliss-reactive ketones (excluding diaryl/α,β-unsaturated/α-hetero) is 1. The monoisotopic (exact) mass is 1050 g/mol. The van der Waals surface area contributed by atoms with Gasteiger partial charge in [0, 0.05) is 56.2 Å². The van der Waals surface area contributed by atoms with Crippen LogP contribution in [0, 0.1) is 0 Å². The number of rotatable bonds is 29. The fraction of sp³-hybridized carbons (Fsp3) is 0.500. The summed E-state index contributed by atoms with van der Waals surface area (Å²) in [6, 6.07) is 6.77. The number of hydrogen-bond acceptors (Lipinski definition) is 16. The van der Waals surface area contributed by atoms with E-state index in [4.69, 9.17) is 29.8 Å². The Morgan fingerprint density at radius 3 is 2.15 bits per heavy atom. The van der Waals surface area contributed by atoms with Crippen LogP contribution in [-0.2, 0) is 60.8 Å². The molecule has 0 unspecified atom stereocenters. The maximum atomic E-state index is 14.8. The molecule has 3 atom stereocenters. The Hall–Kier alpha value is -6.38. The van der Waals surface area contributed by atoms with Crippen molar-refractivity contribution in [3.05, 3.63) is 64.4 Å². The quantitative estimate of drug-likeness (QED) is 0.0254. The number of likely N-dealkylation sites (tertiary alicyclic amines) is 1. The molecule has 0 spiro atoms. The van der Waals surface area contributed by atoms with Crippen LogP contribution in [0.2, 0.25) is 0 Å². The number of alkyl halides is 1. The van der Waals surface area contributed by atoms with Crippen LogP contribution in [0.1, 0.15) is 66.8 Å². The minimum atomic E-state index is -1.40. The van der Waals surface area contributed by atoms with Gasteiger partial charge in [-0.3, -0.25) is 38.2 Å². The van der Waals surface area contributed by atoms with Gasteiger partial charge in [0.1, 0.15) is 60.0 Å². The minimum absolute atomic E-state index is 0.00444. The van der Waals surface area contributed by atoms with Crippen LogP contribution in [0.4, 0.5) is 10.2 Å². The van der Waals surface area contributed by atoms with E-state index in [2.05, 4.69) is 57.2 Å². The van der Waals surface area contributed by atoms with Crippen LogP contribution in [0.3, 0.4) is 0 Å². The number of ketones is 1. The van der Waals surface area contributed by atoms with Crippen molar-refractivity contribution in [1.29, 1.82) is 0 Å². The number of carbonyl (C=O) groups excluding carboxylic acids is 6. The predicted octanol–water partition coefficient (Wildman–Crippen LogP) is 1.42. The maximum absolute atomic E-state index is 14.8. The molecule has 25 heteroatoms. The lowest BCUT2D eigenvalue weighted by atomic mass is 10.0. The number of ether oxygens (including phenoxy) is 4. The second-order valence-corrected chi connectivity index (χ2v) is 17.5. The first-order chi connectivity index (χ1) is 34.2. The van der Waals surface area contributed by atoms with Crippen molar-refractivity contribution in [3.8, 4) is 11.1 Å².